The van der Waals surface area contributed by atoms with E-state index in [1.807, 2.05) is 0 Å². The van der Waals surface area contributed by atoms with Crippen LogP contribution < -0.4 is 9.80 Å². The first kappa shape index (κ1) is 10.8. The van der Waals surface area contributed by atoms with E-state index in [1.54, 1.807) is 0 Å². The Bertz CT molecular complexity index is 458. The van der Waals surface area contributed by atoms with Crippen molar-refractivity contribution in [2.24, 2.45) is 0 Å². The molecule has 2 aromatic carbocycles. The Morgan fingerprint density at radius 3 is 1.50 bits per heavy atom. The summed E-state index contributed by atoms with van der Waals surface area (Å²) in [5.74, 6) is 0. The van der Waals surface area contributed by atoms with Crippen LogP contribution in [0.5, 0.6) is 0 Å². The van der Waals surface area contributed by atoms with Gasteiger partial charge in [0.25, 0.3) is 0 Å². The summed E-state index contributed by atoms with van der Waals surface area (Å²) in [6, 6.07) is 12.9. The highest BCUT2D eigenvalue weighted by Crippen LogP contribution is 2.33. The van der Waals surface area contributed by atoms with E-state index in [9.17, 15) is 0 Å². The van der Waals surface area contributed by atoms with Crippen molar-refractivity contribution in [3.05, 3.63) is 36.4 Å². The van der Waals surface area contributed by atoms with Gasteiger partial charge < -0.3 is 9.80 Å². The van der Waals surface area contributed by atoms with Crippen LogP contribution in [0, 0.1) is 0 Å². The van der Waals surface area contributed by atoms with Gasteiger partial charge >= 0.3 is 0 Å². The first-order valence-corrected chi connectivity index (χ1v) is 5.47. The lowest BCUT2D eigenvalue weighted by Gasteiger charge is -2.21. The Hall–Kier alpha value is -1.70. The van der Waals surface area contributed by atoms with Gasteiger partial charge in [-0.15, -0.1) is 0 Å². The third-order valence-corrected chi connectivity index (χ3v) is 2.82. The minimum absolute atomic E-state index is 1.27. The van der Waals surface area contributed by atoms with Crippen LogP contribution >= 0.6 is 0 Å². The third kappa shape index (κ3) is 1.71. The second-order valence-corrected chi connectivity index (χ2v) is 4.44. The van der Waals surface area contributed by atoms with Gasteiger partial charge in [-0.05, 0) is 17.5 Å². The number of hydrogen-bond acceptors (Lipinski definition) is 2. The number of rotatable bonds is 2. The molecule has 0 spiro atoms. The largest absolute Gasteiger partial charge is 0.377 e. The van der Waals surface area contributed by atoms with Crippen LogP contribution in [0.15, 0.2) is 36.4 Å². The van der Waals surface area contributed by atoms with Crippen LogP contribution in [0.4, 0.5) is 11.4 Å². The fraction of sp³-hybridized carbons (Fsp3) is 0.286. The van der Waals surface area contributed by atoms with E-state index in [4.69, 9.17) is 0 Å². The van der Waals surface area contributed by atoms with Gasteiger partial charge in [-0.1, -0.05) is 24.3 Å². The van der Waals surface area contributed by atoms with Gasteiger partial charge in [0.15, 0.2) is 0 Å². The van der Waals surface area contributed by atoms with Gasteiger partial charge in [-0.2, -0.15) is 0 Å². The monoisotopic (exact) mass is 216 g/mol. The summed E-state index contributed by atoms with van der Waals surface area (Å²) >= 11 is 0. The van der Waals surface area contributed by atoms with Crippen LogP contribution in [0.2, 0.25) is 0 Å². The van der Waals surface area contributed by atoms with Crippen LogP contribution in [-0.2, 0) is 0 Å². The topological polar surface area (TPSA) is 6.48 Å². The molecule has 0 amide bonds. The highest BCUT2D eigenvalue weighted by atomic mass is 15.8. The molecule has 16 heavy (non-hydrogen) atoms. The van der Waals surface area contributed by atoms with Crippen molar-refractivity contribution in [3.63, 3.8) is 0 Å². The molecule has 0 saturated heterocycles. The Balaban J connectivity index is 2.82. The van der Waals surface area contributed by atoms with Gasteiger partial charge in [0, 0.05) is 45.0 Å². The van der Waals surface area contributed by atoms with Crippen LogP contribution in [0.1, 0.15) is 0 Å². The summed E-state index contributed by atoms with van der Waals surface area (Å²) in [7, 11) is 8.34. The van der Waals surface area contributed by atoms with Gasteiger partial charge in [-0.3, -0.25) is 0 Å². The third-order valence-electron chi connectivity index (χ3n) is 2.82. The SMILES string of the molecule is C[15N](C)c1cccc2cccc([15N](C)C)c12. The summed E-state index contributed by atoms with van der Waals surface area (Å²) in [6.45, 7) is 0. The predicted octanol–water partition coefficient (Wildman–Crippen LogP) is 2.97. The molecule has 2 heteroatoms. The molecule has 0 aliphatic carbocycles. The zero-order chi connectivity index (χ0) is 11.7. The fourth-order valence-corrected chi connectivity index (χ4v) is 2.05. The van der Waals surface area contributed by atoms with Crippen molar-refractivity contribution in [2.45, 2.75) is 0 Å². The maximum atomic E-state index is 2.16. The van der Waals surface area contributed by atoms with Crippen molar-refractivity contribution in [3.8, 4) is 0 Å². The number of hydrogen-bond donors (Lipinski definition) is 0. The van der Waals surface area contributed by atoms with Crippen LogP contribution in [0.25, 0.3) is 10.8 Å². The van der Waals surface area contributed by atoms with E-state index in [0.29, 0.717) is 0 Å². The molecule has 0 atom stereocenters. The zero-order valence-electron chi connectivity index (χ0n) is 10.4. The van der Waals surface area contributed by atoms with E-state index in [0.717, 1.165) is 0 Å². The molecule has 0 radical (unpaired) electrons. The average Bonchev–Trinajstić information content (AvgIpc) is 2.27. The molecule has 0 aliphatic rings. The average molecular weight is 216 g/mol. The molecule has 0 bridgehead atoms. The van der Waals surface area contributed by atoms with Crippen LogP contribution in [0.3, 0.4) is 0 Å². The molecule has 0 saturated carbocycles. The second kappa shape index (κ2) is 4.05. The smallest absolute Gasteiger partial charge is 0.0461 e. The summed E-state index contributed by atoms with van der Waals surface area (Å²) in [6.07, 6.45) is 0. The lowest BCUT2D eigenvalue weighted by molar-refractivity contribution is 1.12. The summed E-state index contributed by atoms with van der Waals surface area (Å²) in [5.41, 5.74) is 2.53. The molecule has 0 heterocycles. The van der Waals surface area contributed by atoms with Crippen molar-refractivity contribution < 1.29 is 0 Å². The Kier molecular flexibility index (Phi) is 2.73. The molecular weight excluding hydrogens is 198 g/mol. The lowest BCUT2D eigenvalue weighted by atomic mass is 10.1. The first-order chi connectivity index (χ1) is 7.61. The maximum absolute atomic E-state index is 2.16. The van der Waals surface area contributed by atoms with E-state index in [2.05, 4.69) is 74.4 Å². The highest BCUT2D eigenvalue weighted by Gasteiger charge is 2.08. The zero-order valence-corrected chi connectivity index (χ0v) is 10.4. The van der Waals surface area contributed by atoms with Crippen LogP contribution in [-0.4, -0.2) is 28.2 Å². The van der Waals surface area contributed by atoms with Crippen molar-refractivity contribution in [1.29, 1.82) is 0 Å². The first-order valence-electron chi connectivity index (χ1n) is 5.47. The standard InChI is InChI=1S/C14H18N2/c1-15(2)12-9-5-7-11-8-6-10-13(14(11)12)16(3)4/h5-10H,1-4H3/i15+1,16+1. The minimum atomic E-state index is 1.27. The fourth-order valence-electron chi connectivity index (χ4n) is 2.05. The Morgan fingerprint density at radius 1 is 0.688 bits per heavy atom. The van der Waals surface area contributed by atoms with Crippen molar-refractivity contribution >= 4 is 22.1 Å². The van der Waals surface area contributed by atoms with E-state index < -0.39 is 0 Å². The molecule has 2 rings (SSSR count). The number of benzene rings is 2. The molecule has 84 valence electrons. The predicted molar refractivity (Wildman–Crippen MR) is 72.6 cm³/mol. The molecule has 0 aliphatic heterocycles. The Morgan fingerprint density at radius 2 is 1.12 bits per heavy atom. The van der Waals surface area contributed by atoms with Gasteiger partial charge in [-0.25, -0.2) is 0 Å². The quantitative estimate of drug-likeness (QED) is 0.712. The van der Waals surface area contributed by atoms with E-state index in [1.165, 1.54) is 22.1 Å². The number of nitrogens with zero attached hydrogens (tertiary/aromatic N) is 2. The van der Waals surface area contributed by atoms with Crippen molar-refractivity contribution in [1.82, 2.24) is 0 Å². The molecule has 2 nitrogen and oxygen atoms in total. The molecular formula is C14H18N2. The van der Waals surface area contributed by atoms with Crippen molar-refractivity contribution in [2.75, 3.05) is 38.0 Å². The summed E-state index contributed by atoms with van der Waals surface area (Å²) in [5, 5.41) is 2.61. The number of anilines is 2. The van der Waals surface area contributed by atoms with E-state index >= 15 is 0 Å². The summed E-state index contributed by atoms with van der Waals surface area (Å²) in [4.78, 5) is 4.32. The minimum Gasteiger partial charge on any atom is -0.377 e. The summed E-state index contributed by atoms with van der Waals surface area (Å²) < 4.78 is 0. The normalized spacial score (nSPS) is 10.5. The molecule has 0 N–H and O–H groups in total. The highest BCUT2D eigenvalue weighted by molar-refractivity contribution is 6.03. The Labute approximate surface area is 97.1 Å². The molecule has 2 aromatic rings. The lowest BCUT2D eigenvalue weighted by Crippen LogP contribution is -2.13. The second-order valence-electron chi connectivity index (χ2n) is 4.44. The van der Waals surface area contributed by atoms with E-state index in [-0.39, 0.29) is 0 Å². The molecule has 0 aromatic heterocycles. The maximum Gasteiger partial charge on any atom is 0.0461 e. The van der Waals surface area contributed by atoms with Gasteiger partial charge in [0.2, 0.25) is 0 Å². The molecule has 0 fully saturated rings. The van der Waals surface area contributed by atoms with Gasteiger partial charge in [0.1, 0.15) is 0 Å². The van der Waals surface area contributed by atoms with Gasteiger partial charge in [0.05, 0.1) is 0 Å². The number of fused-ring (bicyclic) bond motifs is 1. The molecule has 0 unspecified atom stereocenters.